The Balaban J connectivity index is 1.81. The van der Waals surface area contributed by atoms with Crippen LogP contribution in [0.5, 0.6) is 0 Å². The number of nitrogens with zero attached hydrogens (tertiary/aromatic N) is 1. The first-order valence-corrected chi connectivity index (χ1v) is 7.28. The van der Waals surface area contributed by atoms with Crippen molar-refractivity contribution >= 4 is 17.5 Å². The number of ether oxygens (including phenoxy) is 1. The van der Waals surface area contributed by atoms with Crippen LogP contribution in [0.2, 0.25) is 0 Å². The van der Waals surface area contributed by atoms with Crippen molar-refractivity contribution in [3.05, 3.63) is 17.8 Å². The van der Waals surface area contributed by atoms with Crippen LogP contribution in [0.3, 0.4) is 0 Å². The van der Waals surface area contributed by atoms with Gasteiger partial charge in [-0.15, -0.1) is 0 Å². The first-order chi connectivity index (χ1) is 9.70. The lowest BCUT2D eigenvalue weighted by Crippen LogP contribution is -2.10. The van der Waals surface area contributed by atoms with Gasteiger partial charge in [-0.25, -0.2) is 9.78 Å². The lowest BCUT2D eigenvalue weighted by molar-refractivity contribution is 0.0602. The number of esters is 1. The molecule has 1 aliphatic rings. The van der Waals surface area contributed by atoms with Crippen LogP contribution in [0.25, 0.3) is 0 Å². The van der Waals surface area contributed by atoms with Gasteiger partial charge in [-0.3, -0.25) is 0 Å². The first kappa shape index (κ1) is 14.6. The van der Waals surface area contributed by atoms with Crippen LogP contribution in [-0.4, -0.2) is 24.6 Å². The second-order valence-corrected chi connectivity index (χ2v) is 5.37. The number of nitrogens with one attached hydrogen (secondary N) is 1. The van der Waals surface area contributed by atoms with Gasteiger partial charge >= 0.3 is 5.97 Å². The van der Waals surface area contributed by atoms with E-state index in [-0.39, 0.29) is 0 Å². The van der Waals surface area contributed by atoms with E-state index in [1.54, 1.807) is 6.07 Å². The van der Waals surface area contributed by atoms with Gasteiger partial charge in [0.1, 0.15) is 5.82 Å². The van der Waals surface area contributed by atoms with E-state index in [0.717, 1.165) is 18.9 Å². The molecule has 2 rings (SSSR count). The summed E-state index contributed by atoms with van der Waals surface area (Å²) in [5, 5.41) is 3.24. The molecule has 110 valence electrons. The average Bonchev–Trinajstić information content (AvgIpc) is 2.97. The van der Waals surface area contributed by atoms with E-state index in [1.807, 2.05) is 0 Å². The zero-order chi connectivity index (χ0) is 14.4. The molecular weight excluding hydrogens is 254 g/mol. The number of hydrogen-bond donors (Lipinski definition) is 2. The Labute approximate surface area is 119 Å². The highest BCUT2D eigenvalue weighted by molar-refractivity contribution is 5.95. The average molecular weight is 277 g/mol. The molecule has 0 amide bonds. The van der Waals surface area contributed by atoms with Gasteiger partial charge in [-0.05, 0) is 24.8 Å². The molecule has 5 heteroatoms. The van der Waals surface area contributed by atoms with Crippen molar-refractivity contribution in [2.24, 2.45) is 5.92 Å². The summed E-state index contributed by atoms with van der Waals surface area (Å²) in [6.07, 6.45) is 9.43. The molecule has 0 unspecified atom stereocenters. The molecule has 0 spiro atoms. The molecule has 20 heavy (non-hydrogen) atoms. The number of rotatable bonds is 6. The maximum absolute atomic E-state index is 11.5. The van der Waals surface area contributed by atoms with Crippen molar-refractivity contribution in [1.29, 1.82) is 0 Å². The summed E-state index contributed by atoms with van der Waals surface area (Å²) in [6.45, 7) is 0.869. The maximum atomic E-state index is 11.5. The summed E-state index contributed by atoms with van der Waals surface area (Å²) < 4.78 is 4.69. The minimum Gasteiger partial charge on any atom is -0.465 e. The number of anilines is 2. The molecule has 0 aliphatic heterocycles. The molecule has 1 saturated carbocycles. The summed E-state index contributed by atoms with van der Waals surface area (Å²) in [5.74, 6) is 1.15. The van der Waals surface area contributed by atoms with Crippen LogP contribution < -0.4 is 11.1 Å². The SMILES string of the molecule is COC(=O)c1cc(NCCCC2CCCC2)ncc1N. The quantitative estimate of drug-likeness (QED) is 0.617. The molecule has 3 N–H and O–H groups in total. The largest absolute Gasteiger partial charge is 0.465 e. The highest BCUT2D eigenvalue weighted by atomic mass is 16.5. The smallest absolute Gasteiger partial charge is 0.340 e. The molecule has 1 heterocycles. The molecule has 0 saturated heterocycles. The van der Waals surface area contributed by atoms with Gasteiger partial charge in [-0.1, -0.05) is 25.7 Å². The van der Waals surface area contributed by atoms with Gasteiger partial charge in [0, 0.05) is 6.54 Å². The number of methoxy groups -OCH3 is 1. The van der Waals surface area contributed by atoms with E-state index in [0.29, 0.717) is 17.1 Å². The minimum atomic E-state index is -0.432. The highest BCUT2D eigenvalue weighted by Gasteiger charge is 2.14. The Kier molecular flexibility index (Phi) is 5.21. The van der Waals surface area contributed by atoms with E-state index in [2.05, 4.69) is 10.3 Å². The van der Waals surface area contributed by atoms with Crippen molar-refractivity contribution in [3.63, 3.8) is 0 Å². The minimum absolute atomic E-state index is 0.341. The Morgan fingerprint density at radius 2 is 2.25 bits per heavy atom. The molecule has 1 aliphatic carbocycles. The third-order valence-corrected chi connectivity index (χ3v) is 3.91. The predicted molar refractivity (Wildman–Crippen MR) is 79.7 cm³/mol. The number of carbonyl (C=O) groups excluding carboxylic acids is 1. The molecule has 5 nitrogen and oxygen atoms in total. The Hall–Kier alpha value is -1.78. The second kappa shape index (κ2) is 7.12. The van der Waals surface area contributed by atoms with Crippen molar-refractivity contribution < 1.29 is 9.53 Å². The molecule has 1 fully saturated rings. The number of aromatic nitrogens is 1. The molecular formula is C15H23N3O2. The number of nitrogens with two attached hydrogens (primary N) is 1. The van der Waals surface area contributed by atoms with Crippen LogP contribution >= 0.6 is 0 Å². The summed E-state index contributed by atoms with van der Waals surface area (Å²) in [4.78, 5) is 15.7. The fraction of sp³-hybridized carbons (Fsp3) is 0.600. The van der Waals surface area contributed by atoms with Gasteiger partial charge in [0.25, 0.3) is 0 Å². The molecule has 1 aromatic heterocycles. The summed E-state index contributed by atoms with van der Waals surface area (Å²) in [5.41, 5.74) is 6.42. The maximum Gasteiger partial charge on any atom is 0.340 e. The Morgan fingerprint density at radius 1 is 1.50 bits per heavy atom. The van der Waals surface area contributed by atoms with Crippen molar-refractivity contribution in [1.82, 2.24) is 4.98 Å². The van der Waals surface area contributed by atoms with Crippen LogP contribution in [-0.2, 0) is 4.74 Å². The third-order valence-electron chi connectivity index (χ3n) is 3.91. The summed E-state index contributed by atoms with van der Waals surface area (Å²) in [7, 11) is 1.34. The zero-order valence-corrected chi connectivity index (χ0v) is 12.0. The summed E-state index contributed by atoms with van der Waals surface area (Å²) in [6, 6.07) is 1.65. The monoisotopic (exact) mass is 277 g/mol. The van der Waals surface area contributed by atoms with E-state index >= 15 is 0 Å². The van der Waals surface area contributed by atoms with Gasteiger partial charge in [0.05, 0.1) is 24.6 Å². The van der Waals surface area contributed by atoms with Crippen molar-refractivity contribution in [2.45, 2.75) is 38.5 Å². The Morgan fingerprint density at radius 3 is 2.95 bits per heavy atom. The predicted octanol–water partition coefficient (Wildman–Crippen LogP) is 2.83. The van der Waals surface area contributed by atoms with Crippen molar-refractivity contribution in [3.8, 4) is 0 Å². The topological polar surface area (TPSA) is 77.2 Å². The number of carbonyl (C=O) groups is 1. The van der Waals surface area contributed by atoms with Crippen LogP contribution in [0.4, 0.5) is 11.5 Å². The zero-order valence-electron chi connectivity index (χ0n) is 12.0. The van der Waals surface area contributed by atoms with Gasteiger partial charge < -0.3 is 15.8 Å². The lowest BCUT2D eigenvalue weighted by Gasteiger charge is -2.11. The molecule has 0 bridgehead atoms. The van der Waals surface area contributed by atoms with E-state index < -0.39 is 5.97 Å². The van der Waals surface area contributed by atoms with Crippen LogP contribution in [0.1, 0.15) is 48.9 Å². The van der Waals surface area contributed by atoms with E-state index in [9.17, 15) is 4.79 Å². The van der Waals surface area contributed by atoms with Crippen LogP contribution in [0, 0.1) is 5.92 Å². The fourth-order valence-electron chi connectivity index (χ4n) is 2.76. The molecule has 0 aromatic carbocycles. The second-order valence-electron chi connectivity index (χ2n) is 5.37. The van der Waals surface area contributed by atoms with Crippen LogP contribution in [0.15, 0.2) is 12.3 Å². The van der Waals surface area contributed by atoms with E-state index in [4.69, 9.17) is 10.5 Å². The summed E-state index contributed by atoms with van der Waals surface area (Å²) >= 11 is 0. The molecule has 1 aromatic rings. The Bertz CT molecular complexity index is 456. The standard InChI is InChI=1S/C15H23N3O2/c1-20-15(19)12-9-14(18-10-13(12)16)17-8-4-7-11-5-2-3-6-11/h9-11H,2-8,16H2,1H3,(H,17,18). The number of hydrogen-bond acceptors (Lipinski definition) is 5. The van der Waals surface area contributed by atoms with E-state index in [1.165, 1.54) is 45.4 Å². The molecule has 0 atom stereocenters. The van der Waals surface area contributed by atoms with Gasteiger partial charge in [0.2, 0.25) is 0 Å². The lowest BCUT2D eigenvalue weighted by atomic mass is 10.0. The van der Waals surface area contributed by atoms with Gasteiger partial charge in [0.15, 0.2) is 0 Å². The van der Waals surface area contributed by atoms with Gasteiger partial charge in [-0.2, -0.15) is 0 Å². The molecule has 0 radical (unpaired) electrons. The third kappa shape index (κ3) is 3.85. The fourth-order valence-corrected chi connectivity index (χ4v) is 2.76. The number of pyridine rings is 1. The number of nitrogen functional groups attached to an aromatic ring is 1. The normalized spacial score (nSPS) is 15.2. The first-order valence-electron chi connectivity index (χ1n) is 7.28. The van der Waals surface area contributed by atoms with Crippen molar-refractivity contribution in [2.75, 3.05) is 24.7 Å². The highest BCUT2D eigenvalue weighted by Crippen LogP contribution is 2.28.